The summed E-state index contributed by atoms with van der Waals surface area (Å²) in [5.41, 5.74) is 2.08. The second-order valence-electron chi connectivity index (χ2n) is 7.06. The highest BCUT2D eigenvalue weighted by molar-refractivity contribution is 5.77. The first kappa shape index (κ1) is 13.6. The fourth-order valence-corrected chi connectivity index (χ4v) is 3.94. The van der Waals surface area contributed by atoms with Gasteiger partial charge < -0.3 is 9.15 Å². The fraction of sp³-hybridized carbons (Fsp3) is 0.421. The van der Waals surface area contributed by atoms with Gasteiger partial charge in [0.05, 0.1) is 0 Å². The molecule has 3 heteroatoms. The number of hydrogen-bond acceptors (Lipinski definition) is 3. The van der Waals surface area contributed by atoms with E-state index < -0.39 is 0 Å². The Hall–Kier alpha value is -2.03. The molecule has 2 aromatic rings. The van der Waals surface area contributed by atoms with Crippen molar-refractivity contribution >= 4 is 11.0 Å². The number of allylic oxidation sites excluding steroid dienone is 1. The molecule has 5 rings (SSSR count). The van der Waals surface area contributed by atoms with Crippen LogP contribution >= 0.6 is 0 Å². The summed E-state index contributed by atoms with van der Waals surface area (Å²) in [5, 5.41) is 0.909. The average molecular weight is 296 g/mol. The molecule has 1 saturated carbocycles. The summed E-state index contributed by atoms with van der Waals surface area (Å²) in [5.74, 6) is 2.25. The lowest BCUT2D eigenvalue weighted by molar-refractivity contribution is -0.0115. The van der Waals surface area contributed by atoms with Gasteiger partial charge in [-0.05, 0) is 53.9 Å². The van der Waals surface area contributed by atoms with Crippen molar-refractivity contribution in [3.05, 3.63) is 52.4 Å². The minimum absolute atomic E-state index is 0.332. The maximum Gasteiger partial charge on any atom is 0.336 e. The highest BCUT2D eigenvalue weighted by atomic mass is 16.5. The normalized spacial score (nSPS) is 25.5. The third-order valence-electron chi connectivity index (χ3n) is 5.58. The molecule has 3 nitrogen and oxygen atoms in total. The van der Waals surface area contributed by atoms with E-state index in [-0.39, 0.29) is 5.63 Å². The summed E-state index contributed by atoms with van der Waals surface area (Å²) in [6.07, 6.45) is 4.83. The molecule has 0 N–H and O–H groups in total. The van der Waals surface area contributed by atoms with Crippen molar-refractivity contribution in [2.24, 2.45) is 17.3 Å². The maximum absolute atomic E-state index is 11.3. The minimum atomic E-state index is -0.332. The Labute approximate surface area is 129 Å². The third kappa shape index (κ3) is 2.07. The highest BCUT2D eigenvalue weighted by Crippen LogP contribution is 2.59. The molecule has 1 heterocycles. The minimum Gasteiger partial charge on any atom is -0.489 e. The van der Waals surface area contributed by atoms with E-state index in [1.165, 1.54) is 24.5 Å². The van der Waals surface area contributed by atoms with Gasteiger partial charge in [-0.15, -0.1) is 0 Å². The van der Waals surface area contributed by atoms with Gasteiger partial charge in [0, 0.05) is 17.5 Å². The molecule has 1 fully saturated rings. The Bertz CT molecular complexity index is 813. The molecule has 0 amide bonds. The first-order chi connectivity index (χ1) is 10.5. The van der Waals surface area contributed by atoms with Crippen LogP contribution in [-0.2, 0) is 0 Å². The zero-order valence-electron chi connectivity index (χ0n) is 13.0. The predicted molar refractivity (Wildman–Crippen MR) is 86.1 cm³/mol. The zero-order valence-corrected chi connectivity index (χ0v) is 13.0. The standard InChI is InChI=1S/C19H20O3/c1-19(2)14-6-3-13(16(19)9-14)11-21-15-7-4-12-5-8-18(20)22-17(12)10-15/h3-5,7-8,10,14,16H,6,9,11H2,1-2H3/t14-,16-/m1/s1. The van der Waals surface area contributed by atoms with Crippen LogP contribution in [0.2, 0.25) is 0 Å². The molecular formula is C19H20O3. The molecule has 2 bridgehead atoms. The number of benzene rings is 1. The van der Waals surface area contributed by atoms with E-state index in [9.17, 15) is 4.79 Å². The van der Waals surface area contributed by atoms with Crippen molar-refractivity contribution < 1.29 is 9.15 Å². The molecule has 1 aromatic carbocycles. The van der Waals surface area contributed by atoms with E-state index >= 15 is 0 Å². The van der Waals surface area contributed by atoms with Crippen molar-refractivity contribution in [2.45, 2.75) is 26.7 Å². The molecule has 0 spiro atoms. The molecule has 1 aromatic heterocycles. The third-order valence-corrected chi connectivity index (χ3v) is 5.58. The Morgan fingerprint density at radius 2 is 2.09 bits per heavy atom. The van der Waals surface area contributed by atoms with E-state index in [4.69, 9.17) is 9.15 Å². The second kappa shape index (κ2) is 4.73. The van der Waals surface area contributed by atoms with Crippen LogP contribution in [0.3, 0.4) is 0 Å². The fourth-order valence-electron chi connectivity index (χ4n) is 3.94. The summed E-state index contributed by atoms with van der Waals surface area (Å²) in [4.78, 5) is 11.3. The average Bonchev–Trinajstić information content (AvgIpc) is 2.52. The number of rotatable bonds is 3. The van der Waals surface area contributed by atoms with Crippen LogP contribution in [0.15, 0.2) is 51.2 Å². The monoisotopic (exact) mass is 296 g/mol. The van der Waals surface area contributed by atoms with Crippen LogP contribution in [0.5, 0.6) is 5.75 Å². The molecule has 3 aliphatic rings. The lowest BCUT2D eigenvalue weighted by Gasteiger charge is -2.56. The van der Waals surface area contributed by atoms with Gasteiger partial charge in [-0.3, -0.25) is 0 Å². The van der Waals surface area contributed by atoms with Crippen LogP contribution in [0.4, 0.5) is 0 Å². The van der Waals surface area contributed by atoms with Gasteiger partial charge in [0.1, 0.15) is 17.9 Å². The summed E-state index contributed by atoms with van der Waals surface area (Å²) in [7, 11) is 0. The lowest BCUT2D eigenvalue weighted by atomic mass is 9.49. The predicted octanol–water partition coefficient (Wildman–Crippen LogP) is 4.16. The van der Waals surface area contributed by atoms with Crippen molar-refractivity contribution in [3.63, 3.8) is 0 Å². The Balaban J connectivity index is 1.52. The Morgan fingerprint density at radius 3 is 2.86 bits per heavy atom. The summed E-state index contributed by atoms with van der Waals surface area (Å²) in [6.45, 7) is 5.36. The van der Waals surface area contributed by atoms with Crippen LogP contribution in [-0.4, -0.2) is 6.61 Å². The van der Waals surface area contributed by atoms with E-state index in [0.717, 1.165) is 17.1 Å². The van der Waals surface area contributed by atoms with Crippen molar-refractivity contribution in [3.8, 4) is 5.75 Å². The van der Waals surface area contributed by atoms with E-state index in [1.54, 1.807) is 12.1 Å². The first-order valence-electron chi connectivity index (χ1n) is 7.90. The van der Waals surface area contributed by atoms with Gasteiger partial charge in [-0.25, -0.2) is 4.79 Å². The van der Waals surface area contributed by atoms with Crippen LogP contribution in [0.1, 0.15) is 26.7 Å². The molecule has 114 valence electrons. The topological polar surface area (TPSA) is 39.4 Å². The van der Waals surface area contributed by atoms with Crippen molar-refractivity contribution in [1.82, 2.24) is 0 Å². The number of hydrogen-bond donors (Lipinski definition) is 0. The summed E-state index contributed by atoms with van der Waals surface area (Å²) in [6, 6.07) is 8.86. The quantitative estimate of drug-likeness (QED) is 0.630. The second-order valence-corrected chi connectivity index (χ2v) is 7.06. The van der Waals surface area contributed by atoms with Gasteiger partial charge in [-0.1, -0.05) is 19.9 Å². The van der Waals surface area contributed by atoms with E-state index in [1.807, 2.05) is 12.1 Å². The molecule has 22 heavy (non-hydrogen) atoms. The van der Waals surface area contributed by atoms with Crippen molar-refractivity contribution in [2.75, 3.05) is 6.61 Å². The summed E-state index contributed by atoms with van der Waals surface area (Å²) >= 11 is 0. The molecular weight excluding hydrogens is 276 g/mol. The molecule has 0 radical (unpaired) electrons. The Morgan fingerprint density at radius 1 is 1.27 bits per heavy atom. The molecule has 0 unspecified atom stereocenters. The van der Waals surface area contributed by atoms with Crippen LogP contribution in [0, 0.1) is 17.3 Å². The SMILES string of the molecule is CC1(C)[C@@H]2CC=C(COc3ccc4ccc(=O)oc4c3)[C@H]1C2. The highest BCUT2D eigenvalue weighted by Gasteiger charge is 2.51. The van der Waals surface area contributed by atoms with E-state index in [0.29, 0.717) is 23.5 Å². The smallest absolute Gasteiger partial charge is 0.336 e. The van der Waals surface area contributed by atoms with Gasteiger partial charge in [-0.2, -0.15) is 0 Å². The molecule has 0 saturated heterocycles. The van der Waals surface area contributed by atoms with Crippen molar-refractivity contribution in [1.29, 1.82) is 0 Å². The van der Waals surface area contributed by atoms with Crippen LogP contribution in [0.25, 0.3) is 11.0 Å². The van der Waals surface area contributed by atoms with Gasteiger partial charge in [0.2, 0.25) is 0 Å². The first-order valence-corrected chi connectivity index (χ1v) is 7.90. The summed E-state index contributed by atoms with van der Waals surface area (Å²) < 4.78 is 11.2. The molecule has 0 aliphatic heterocycles. The largest absolute Gasteiger partial charge is 0.489 e. The Kier molecular flexibility index (Phi) is 2.93. The van der Waals surface area contributed by atoms with Crippen LogP contribution < -0.4 is 10.4 Å². The molecule has 2 atom stereocenters. The van der Waals surface area contributed by atoms with E-state index in [2.05, 4.69) is 19.9 Å². The number of fused-ring (bicyclic) bond motifs is 2. The van der Waals surface area contributed by atoms with Gasteiger partial charge in [0.25, 0.3) is 0 Å². The van der Waals surface area contributed by atoms with Gasteiger partial charge >= 0.3 is 5.63 Å². The van der Waals surface area contributed by atoms with Gasteiger partial charge in [0.15, 0.2) is 0 Å². The lowest BCUT2D eigenvalue weighted by Crippen LogP contribution is -2.48. The number of ether oxygens (including phenoxy) is 1. The zero-order chi connectivity index (χ0) is 15.3. The maximum atomic E-state index is 11.3. The molecule has 3 aliphatic carbocycles.